The molecular formula is C18H12FNOS. The van der Waals surface area contributed by atoms with E-state index >= 15 is 0 Å². The molecule has 0 saturated heterocycles. The van der Waals surface area contributed by atoms with Gasteiger partial charge in [0, 0.05) is 22.5 Å². The lowest BCUT2D eigenvalue weighted by atomic mass is 9.96. The monoisotopic (exact) mass is 309 g/mol. The molecule has 0 aliphatic carbocycles. The first-order chi connectivity index (χ1) is 10.8. The first-order valence-electron chi connectivity index (χ1n) is 6.88. The third kappa shape index (κ3) is 1.88. The number of fused-ring (bicyclic) bond motifs is 2. The fourth-order valence-electron chi connectivity index (χ4n) is 2.82. The summed E-state index contributed by atoms with van der Waals surface area (Å²) in [6, 6.07) is 14.8. The summed E-state index contributed by atoms with van der Waals surface area (Å²) >= 11 is 1.43. The summed E-state index contributed by atoms with van der Waals surface area (Å²) in [7, 11) is 1.65. The predicted molar refractivity (Wildman–Crippen MR) is 89.1 cm³/mol. The smallest absolute Gasteiger partial charge is 0.131 e. The molecule has 0 saturated carbocycles. The first kappa shape index (κ1) is 13.2. The van der Waals surface area contributed by atoms with Gasteiger partial charge in [0.1, 0.15) is 11.6 Å². The van der Waals surface area contributed by atoms with E-state index in [4.69, 9.17) is 4.74 Å². The molecule has 0 fully saturated rings. The average molecular weight is 309 g/mol. The zero-order valence-corrected chi connectivity index (χ0v) is 12.7. The minimum atomic E-state index is -0.213. The molecule has 0 aliphatic heterocycles. The summed E-state index contributed by atoms with van der Waals surface area (Å²) < 4.78 is 24.9. The number of methoxy groups -OCH3 is 1. The second kappa shape index (κ2) is 5.07. The van der Waals surface area contributed by atoms with Gasteiger partial charge in [-0.3, -0.25) is 0 Å². The second-order valence-electron chi connectivity index (χ2n) is 5.03. The molecular weight excluding hydrogens is 297 g/mol. The van der Waals surface area contributed by atoms with Crippen molar-refractivity contribution in [1.29, 1.82) is 0 Å². The van der Waals surface area contributed by atoms with Crippen molar-refractivity contribution < 1.29 is 9.13 Å². The molecule has 2 nitrogen and oxygen atoms in total. The van der Waals surface area contributed by atoms with E-state index in [2.05, 4.69) is 4.37 Å². The lowest BCUT2D eigenvalue weighted by Crippen LogP contribution is -1.90. The van der Waals surface area contributed by atoms with E-state index in [1.165, 1.54) is 17.6 Å². The van der Waals surface area contributed by atoms with Crippen LogP contribution >= 0.6 is 11.5 Å². The Balaban J connectivity index is 2.16. The van der Waals surface area contributed by atoms with Crippen LogP contribution in [0.4, 0.5) is 4.39 Å². The van der Waals surface area contributed by atoms with Crippen molar-refractivity contribution >= 4 is 32.4 Å². The van der Waals surface area contributed by atoms with E-state index in [-0.39, 0.29) is 5.82 Å². The van der Waals surface area contributed by atoms with E-state index in [1.54, 1.807) is 13.2 Å². The van der Waals surface area contributed by atoms with Crippen LogP contribution < -0.4 is 4.74 Å². The van der Waals surface area contributed by atoms with Crippen molar-refractivity contribution in [1.82, 2.24) is 4.37 Å². The summed E-state index contributed by atoms with van der Waals surface area (Å²) in [6.07, 6.45) is 1.84. The number of nitrogens with zero attached hydrogens (tertiary/aromatic N) is 1. The van der Waals surface area contributed by atoms with E-state index in [0.717, 1.165) is 32.3 Å². The molecule has 1 aromatic heterocycles. The number of halogens is 1. The average Bonchev–Trinajstić information content (AvgIpc) is 3.03. The summed E-state index contributed by atoms with van der Waals surface area (Å²) in [5.41, 5.74) is 1.93. The highest BCUT2D eigenvalue weighted by Crippen LogP contribution is 2.42. The van der Waals surface area contributed by atoms with Gasteiger partial charge in [-0.25, -0.2) is 4.39 Å². The van der Waals surface area contributed by atoms with Crippen LogP contribution in [0.2, 0.25) is 0 Å². The quantitative estimate of drug-likeness (QED) is 0.503. The number of hydrogen-bond acceptors (Lipinski definition) is 3. The maximum absolute atomic E-state index is 14.1. The minimum Gasteiger partial charge on any atom is -0.496 e. The zero-order valence-electron chi connectivity index (χ0n) is 11.8. The lowest BCUT2D eigenvalue weighted by Gasteiger charge is -2.12. The van der Waals surface area contributed by atoms with E-state index in [0.29, 0.717) is 5.39 Å². The molecule has 0 N–H and O–H groups in total. The van der Waals surface area contributed by atoms with Gasteiger partial charge in [-0.05, 0) is 40.7 Å². The molecule has 1 heterocycles. The number of aromatic nitrogens is 1. The van der Waals surface area contributed by atoms with Gasteiger partial charge in [0.05, 0.1) is 11.8 Å². The summed E-state index contributed by atoms with van der Waals surface area (Å²) in [4.78, 5) is 0. The number of ether oxygens (including phenoxy) is 1. The molecule has 108 valence electrons. The Kier molecular flexibility index (Phi) is 3.05. The van der Waals surface area contributed by atoms with Crippen LogP contribution in [-0.4, -0.2) is 11.5 Å². The maximum atomic E-state index is 14.1. The Bertz CT molecular complexity index is 993. The van der Waals surface area contributed by atoms with Gasteiger partial charge in [0.2, 0.25) is 0 Å². The Morgan fingerprint density at radius 2 is 1.82 bits per heavy atom. The normalized spacial score (nSPS) is 11.2. The molecule has 0 bridgehead atoms. The fraction of sp³-hybridized carbons (Fsp3) is 0.0556. The highest BCUT2D eigenvalue weighted by atomic mass is 32.1. The highest BCUT2D eigenvalue weighted by molar-refractivity contribution is 7.14. The lowest BCUT2D eigenvalue weighted by molar-refractivity contribution is 0.417. The fourth-order valence-corrected chi connectivity index (χ4v) is 3.62. The third-order valence-corrected chi connectivity index (χ3v) is 4.68. The van der Waals surface area contributed by atoms with Gasteiger partial charge < -0.3 is 4.74 Å². The van der Waals surface area contributed by atoms with Crippen LogP contribution in [0.3, 0.4) is 0 Å². The van der Waals surface area contributed by atoms with E-state index < -0.39 is 0 Å². The molecule has 0 atom stereocenters. The van der Waals surface area contributed by atoms with Gasteiger partial charge >= 0.3 is 0 Å². The van der Waals surface area contributed by atoms with Crippen LogP contribution in [0.5, 0.6) is 5.75 Å². The van der Waals surface area contributed by atoms with Crippen molar-refractivity contribution in [2.75, 3.05) is 7.11 Å². The Labute approximate surface area is 130 Å². The van der Waals surface area contributed by atoms with Crippen molar-refractivity contribution in [3.05, 3.63) is 60.5 Å². The molecule has 0 aliphatic rings. The molecule has 4 rings (SSSR count). The van der Waals surface area contributed by atoms with Gasteiger partial charge in [-0.2, -0.15) is 4.37 Å². The number of hydrogen-bond donors (Lipinski definition) is 0. The predicted octanol–water partition coefficient (Wildman–Crippen LogP) is 5.26. The Hall–Kier alpha value is -2.46. The van der Waals surface area contributed by atoms with Crippen molar-refractivity contribution in [3.8, 4) is 16.9 Å². The summed E-state index contributed by atoms with van der Waals surface area (Å²) in [5.74, 6) is 0.559. The molecule has 0 radical (unpaired) electrons. The van der Waals surface area contributed by atoms with Crippen LogP contribution in [-0.2, 0) is 0 Å². The van der Waals surface area contributed by atoms with Crippen LogP contribution in [0.25, 0.3) is 32.0 Å². The zero-order chi connectivity index (χ0) is 15.1. The van der Waals surface area contributed by atoms with E-state index in [9.17, 15) is 4.39 Å². The van der Waals surface area contributed by atoms with Gasteiger partial charge in [-0.1, -0.05) is 30.3 Å². The molecule has 0 spiro atoms. The van der Waals surface area contributed by atoms with E-state index in [1.807, 2.05) is 42.6 Å². The maximum Gasteiger partial charge on any atom is 0.131 e. The highest BCUT2D eigenvalue weighted by Gasteiger charge is 2.16. The number of rotatable bonds is 2. The van der Waals surface area contributed by atoms with Crippen molar-refractivity contribution in [2.45, 2.75) is 0 Å². The SMILES string of the molecule is COc1ccc2cnsc2c1-c1ccc(F)c2ccccc12. The molecule has 22 heavy (non-hydrogen) atoms. The Morgan fingerprint density at radius 1 is 1.00 bits per heavy atom. The van der Waals surface area contributed by atoms with Crippen molar-refractivity contribution in [3.63, 3.8) is 0 Å². The van der Waals surface area contributed by atoms with Gasteiger partial charge in [0.25, 0.3) is 0 Å². The van der Waals surface area contributed by atoms with Crippen LogP contribution in [0.15, 0.2) is 54.7 Å². The van der Waals surface area contributed by atoms with Crippen LogP contribution in [0, 0.1) is 5.82 Å². The second-order valence-corrected chi connectivity index (χ2v) is 5.83. The Morgan fingerprint density at radius 3 is 2.64 bits per heavy atom. The topological polar surface area (TPSA) is 22.1 Å². The first-order valence-corrected chi connectivity index (χ1v) is 7.66. The molecule has 0 amide bonds. The third-order valence-electron chi connectivity index (χ3n) is 3.85. The number of benzene rings is 3. The largest absolute Gasteiger partial charge is 0.496 e. The standard InChI is InChI=1S/C18H12FNOS/c1-21-16-9-6-11-10-20-22-18(11)17(16)14-7-8-15(19)13-5-3-2-4-12(13)14/h2-10H,1H3. The van der Waals surface area contributed by atoms with Gasteiger partial charge in [0.15, 0.2) is 0 Å². The summed E-state index contributed by atoms with van der Waals surface area (Å²) in [5, 5.41) is 2.56. The minimum absolute atomic E-state index is 0.213. The molecule has 3 aromatic carbocycles. The molecule has 4 heteroatoms. The molecule has 0 unspecified atom stereocenters. The van der Waals surface area contributed by atoms with Crippen LogP contribution in [0.1, 0.15) is 0 Å². The van der Waals surface area contributed by atoms with Gasteiger partial charge in [-0.15, -0.1) is 0 Å². The molecule has 4 aromatic rings. The summed E-state index contributed by atoms with van der Waals surface area (Å²) in [6.45, 7) is 0. The van der Waals surface area contributed by atoms with Crippen molar-refractivity contribution in [2.24, 2.45) is 0 Å².